The lowest BCUT2D eigenvalue weighted by Crippen LogP contribution is -2.50. The smallest absolute Gasteiger partial charge is 0.338 e. The summed E-state index contributed by atoms with van der Waals surface area (Å²) in [4.78, 5) is 34.9. The van der Waals surface area contributed by atoms with Gasteiger partial charge in [0, 0.05) is 42.7 Å². The number of alkyl halides is 2. The van der Waals surface area contributed by atoms with Crippen molar-refractivity contribution in [3.05, 3.63) is 62.5 Å². The Bertz CT molecular complexity index is 1320. The standard InChI is InChI=1S/C25H24ClF3N4O4S/c1-37-24(36)20-17(11-33-14-6-12(8-19(34)35)7-18(33)25(28,29)10-14)31-22(23-30-4-5-38-23)32-21(20)13-2-3-15(26)16(27)9-13/h2-5,9,12,14,18,21H,6-8,10-11H2,1H3,(H,31,32)(H,34,35)/t12-,14+,18-,21+/m1/s1. The molecule has 38 heavy (non-hydrogen) atoms. The van der Waals surface area contributed by atoms with Gasteiger partial charge in [-0.3, -0.25) is 14.7 Å². The first kappa shape index (κ1) is 26.6. The average Bonchev–Trinajstić information content (AvgIpc) is 3.44. The first-order valence-electron chi connectivity index (χ1n) is 11.9. The summed E-state index contributed by atoms with van der Waals surface area (Å²) in [6, 6.07) is 1.31. The molecule has 0 saturated carbocycles. The molecule has 0 unspecified atom stereocenters. The molecule has 4 atom stereocenters. The predicted octanol–water partition coefficient (Wildman–Crippen LogP) is 4.42. The van der Waals surface area contributed by atoms with Gasteiger partial charge in [0.1, 0.15) is 11.9 Å². The average molecular weight is 569 g/mol. The number of hydrogen-bond acceptors (Lipinski definition) is 8. The minimum Gasteiger partial charge on any atom is -0.481 e. The molecule has 0 spiro atoms. The lowest BCUT2D eigenvalue weighted by atomic mass is 9.87. The van der Waals surface area contributed by atoms with E-state index in [1.807, 2.05) is 0 Å². The number of piperidine rings is 1. The van der Waals surface area contributed by atoms with Crippen molar-refractivity contribution in [2.75, 3.05) is 13.7 Å². The predicted molar refractivity (Wildman–Crippen MR) is 134 cm³/mol. The highest BCUT2D eigenvalue weighted by Gasteiger charge is 2.57. The quantitative estimate of drug-likeness (QED) is 0.477. The number of aromatic nitrogens is 1. The zero-order chi connectivity index (χ0) is 27.2. The van der Waals surface area contributed by atoms with Crippen LogP contribution in [0, 0.1) is 11.7 Å². The molecule has 13 heteroatoms. The van der Waals surface area contributed by atoms with E-state index in [1.165, 1.54) is 30.6 Å². The van der Waals surface area contributed by atoms with Crippen LogP contribution in [0.5, 0.6) is 0 Å². The van der Waals surface area contributed by atoms with Crippen molar-refractivity contribution >= 4 is 40.7 Å². The van der Waals surface area contributed by atoms with Gasteiger partial charge in [0.25, 0.3) is 5.92 Å². The van der Waals surface area contributed by atoms with Crippen molar-refractivity contribution in [1.29, 1.82) is 0 Å². The number of rotatable bonds is 7. The van der Waals surface area contributed by atoms with Crippen LogP contribution in [0.3, 0.4) is 0 Å². The number of halogens is 4. The molecule has 2 aromatic rings. The second-order valence-electron chi connectivity index (χ2n) is 9.64. The van der Waals surface area contributed by atoms with Crippen molar-refractivity contribution in [2.24, 2.45) is 10.9 Å². The molecular weight excluding hydrogens is 545 g/mol. The number of ether oxygens (including phenoxy) is 1. The monoisotopic (exact) mass is 568 g/mol. The van der Waals surface area contributed by atoms with Crippen molar-refractivity contribution < 1.29 is 32.6 Å². The second kappa shape index (κ2) is 10.3. The fourth-order valence-electron chi connectivity index (χ4n) is 5.67. The molecule has 5 rings (SSSR count). The Balaban J connectivity index is 1.56. The van der Waals surface area contributed by atoms with Crippen LogP contribution in [0.4, 0.5) is 13.2 Å². The highest BCUT2D eigenvalue weighted by molar-refractivity contribution is 7.11. The molecule has 0 aliphatic carbocycles. The van der Waals surface area contributed by atoms with Crippen molar-refractivity contribution in [1.82, 2.24) is 15.2 Å². The molecule has 1 aromatic carbocycles. The maximum atomic E-state index is 15.1. The van der Waals surface area contributed by atoms with Gasteiger partial charge in [-0.1, -0.05) is 17.7 Å². The first-order valence-corrected chi connectivity index (χ1v) is 13.2. The summed E-state index contributed by atoms with van der Waals surface area (Å²) < 4.78 is 49.6. The number of carboxylic acids is 1. The number of hydrogen-bond donors (Lipinski definition) is 2. The molecule has 2 saturated heterocycles. The van der Waals surface area contributed by atoms with Gasteiger partial charge in [0.15, 0.2) is 10.8 Å². The number of carbonyl (C=O) groups is 2. The number of esters is 1. The van der Waals surface area contributed by atoms with Gasteiger partial charge in [-0.15, -0.1) is 11.3 Å². The number of aliphatic imine (C=N–C) groups is 1. The van der Waals surface area contributed by atoms with Crippen LogP contribution in [0.1, 0.15) is 42.3 Å². The van der Waals surface area contributed by atoms with Gasteiger partial charge in [0.2, 0.25) is 0 Å². The molecular formula is C25H24ClF3N4O4S. The largest absolute Gasteiger partial charge is 0.481 e. The summed E-state index contributed by atoms with van der Waals surface area (Å²) >= 11 is 7.16. The molecule has 202 valence electrons. The molecule has 0 amide bonds. The fourth-order valence-corrected chi connectivity index (χ4v) is 6.37. The van der Waals surface area contributed by atoms with E-state index in [1.54, 1.807) is 22.5 Å². The Kier molecular flexibility index (Phi) is 7.23. The van der Waals surface area contributed by atoms with E-state index in [4.69, 9.17) is 16.3 Å². The second-order valence-corrected chi connectivity index (χ2v) is 10.9. The Labute approximate surface area is 225 Å². The van der Waals surface area contributed by atoms with Crippen molar-refractivity contribution in [3.8, 4) is 0 Å². The van der Waals surface area contributed by atoms with E-state index in [2.05, 4.69) is 15.3 Å². The molecule has 1 aromatic heterocycles. The highest BCUT2D eigenvalue weighted by Crippen LogP contribution is 2.49. The number of thiazole rings is 1. The molecule has 0 radical (unpaired) electrons. The van der Waals surface area contributed by atoms with Crippen molar-refractivity contribution in [3.63, 3.8) is 0 Å². The number of aliphatic carboxylic acids is 1. The topological polar surface area (TPSA) is 104 Å². The number of carboxylic acid groups (broad SMARTS) is 1. The van der Waals surface area contributed by atoms with Crippen LogP contribution >= 0.6 is 22.9 Å². The van der Waals surface area contributed by atoms with Crippen LogP contribution in [-0.2, 0) is 14.3 Å². The third-order valence-corrected chi connectivity index (χ3v) is 8.34. The Hall–Kier alpha value is -2.96. The third-order valence-electron chi connectivity index (χ3n) is 7.26. The zero-order valence-corrected chi connectivity index (χ0v) is 21.7. The molecule has 8 nitrogen and oxygen atoms in total. The minimum absolute atomic E-state index is 0.0237. The van der Waals surface area contributed by atoms with E-state index in [9.17, 15) is 19.1 Å². The summed E-state index contributed by atoms with van der Waals surface area (Å²) in [5, 5.41) is 14.5. The van der Waals surface area contributed by atoms with Gasteiger partial charge in [-0.05, 0) is 36.5 Å². The Morgan fingerprint density at radius 2 is 2.13 bits per heavy atom. The summed E-state index contributed by atoms with van der Waals surface area (Å²) in [7, 11) is 1.20. The molecule has 2 N–H and O–H groups in total. The molecule has 4 heterocycles. The number of amidine groups is 1. The summed E-state index contributed by atoms with van der Waals surface area (Å²) in [5.74, 6) is -5.52. The lowest BCUT2D eigenvalue weighted by Gasteiger charge is -2.40. The first-order chi connectivity index (χ1) is 18.1. The van der Waals surface area contributed by atoms with Crippen molar-refractivity contribution in [2.45, 2.75) is 49.7 Å². The van der Waals surface area contributed by atoms with Crippen LogP contribution in [0.25, 0.3) is 0 Å². The van der Waals surface area contributed by atoms with Gasteiger partial charge >= 0.3 is 11.9 Å². The van der Waals surface area contributed by atoms with Gasteiger partial charge in [-0.2, -0.15) is 0 Å². The van der Waals surface area contributed by atoms with Crippen LogP contribution in [0.15, 0.2) is 46.0 Å². The maximum Gasteiger partial charge on any atom is 0.338 e. The van der Waals surface area contributed by atoms with E-state index >= 15 is 8.78 Å². The van der Waals surface area contributed by atoms with Crippen LogP contribution in [-0.4, -0.2) is 64.4 Å². The SMILES string of the molecule is COC(=O)C1=C(CN2[C@H]3C[C@@H](CC(=O)O)C[C@@H]2C(F)(F)C3)NC(c2nccs2)=N[C@H]1c1ccc(Cl)c(F)c1. The molecule has 3 aliphatic rings. The summed E-state index contributed by atoms with van der Waals surface area (Å²) in [6.45, 7) is -0.0634. The molecule has 2 bridgehead atoms. The number of benzene rings is 1. The number of carbonyl (C=O) groups excluding carboxylic acids is 1. The number of nitrogens with zero attached hydrogens (tertiary/aromatic N) is 3. The Morgan fingerprint density at radius 1 is 1.34 bits per heavy atom. The molecule has 3 aliphatic heterocycles. The molecule has 2 fully saturated rings. The number of methoxy groups -OCH3 is 1. The van der Waals surface area contributed by atoms with Crippen LogP contribution in [0.2, 0.25) is 5.02 Å². The highest BCUT2D eigenvalue weighted by atomic mass is 35.5. The van der Waals surface area contributed by atoms with E-state index in [-0.39, 0.29) is 35.9 Å². The fraction of sp³-hybridized carbons (Fsp3) is 0.440. The van der Waals surface area contributed by atoms with E-state index in [0.717, 1.165) is 0 Å². The van der Waals surface area contributed by atoms with Gasteiger partial charge in [0.05, 0.1) is 23.7 Å². The summed E-state index contributed by atoms with van der Waals surface area (Å²) in [5.41, 5.74) is 0.681. The summed E-state index contributed by atoms with van der Waals surface area (Å²) in [6.07, 6.45) is 1.34. The minimum atomic E-state index is -3.01. The number of nitrogens with one attached hydrogen (secondary N) is 1. The van der Waals surface area contributed by atoms with Gasteiger partial charge < -0.3 is 15.2 Å². The van der Waals surface area contributed by atoms with E-state index in [0.29, 0.717) is 28.5 Å². The number of fused-ring (bicyclic) bond motifs is 2. The zero-order valence-electron chi connectivity index (χ0n) is 20.2. The van der Waals surface area contributed by atoms with Gasteiger partial charge in [-0.25, -0.2) is 22.9 Å². The Morgan fingerprint density at radius 3 is 2.76 bits per heavy atom. The lowest BCUT2D eigenvalue weighted by molar-refractivity contribution is -0.139. The normalized spacial score (nSPS) is 26.6. The van der Waals surface area contributed by atoms with Crippen LogP contribution < -0.4 is 5.32 Å². The third kappa shape index (κ3) is 5.04. The van der Waals surface area contributed by atoms with E-state index < -0.39 is 48.2 Å². The maximum absolute atomic E-state index is 15.1.